The molecule has 1 atom stereocenters. The average Bonchev–Trinajstić information content (AvgIpc) is 2.31. The van der Waals surface area contributed by atoms with Gasteiger partial charge >= 0.3 is 0 Å². The van der Waals surface area contributed by atoms with Crippen LogP contribution in [0.3, 0.4) is 0 Å². The second-order valence-electron chi connectivity index (χ2n) is 5.93. The van der Waals surface area contributed by atoms with Crippen molar-refractivity contribution in [1.29, 1.82) is 5.26 Å². The fourth-order valence-electron chi connectivity index (χ4n) is 1.86. The Labute approximate surface area is 118 Å². The van der Waals surface area contributed by atoms with Crippen LogP contribution < -0.4 is 5.32 Å². The fraction of sp³-hybridized carbons (Fsp3) is 0.933. The SMILES string of the molecule is CC(C)COCCOCCCC(C)(C#N)NC(C)C. The first kappa shape index (κ1) is 18.4. The van der Waals surface area contributed by atoms with Crippen LogP contribution in [0.1, 0.15) is 47.5 Å². The van der Waals surface area contributed by atoms with E-state index in [0.29, 0.717) is 31.8 Å². The number of nitrogens with zero attached hydrogens (tertiary/aromatic N) is 1. The molecule has 0 saturated carbocycles. The minimum atomic E-state index is -0.453. The zero-order valence-corrected chi connectivity index (χ0v) is 13.2. The van der Waals surface area contributed by atoms with Gasteiger partial charge in [0.15, 0.2) is 0 Å². The number of hydrogen-bond acceptors (Lipinski definition) is 4. The van der Waals surface area contributed by atoms with Crippen LogP contribution in [0, 0.1) is 17.2 Å². The Bertz CT molecular complexity index is 261. The van der Waals surface area contributed by atoms with Crippen LogP contribution in [0.2, 0.25) is 0 Å². The lowest BCUT2D eigenvalue weighted by atomic mass is 9.97. The van der Waals surface area contributed by atoms with E-state index in [1.54, 1.807) is 0 Å². The van der Waals surface area contributed by atoms with E-state index >= 15 is 0 Å². The standard InChI is InChI=1S/C15H30N2O2/c1-13(2)11-19-10-9-18-8-6-7-15(5,12-16)17-14(3)4/h13-14,17H,6-11H2,1-5H3. The molecular formula is C15H30N2O2. The summed E-state index contributed by atoms with van der Waals surface area (Å²) in [6.45, 7) is 13.1. The molecule has 0 fully saturated rings. The summed E-state index contributed by atoms with van der Waals surface area (Å²) in [5.41, 5.74) is -0.453. The third kappa shape index (κ3) is 10.9. The van der Waals surface area contributed by atoms with Crippen LogP contribution in [-0.4, -0.2) is 38.0 Å². The van der Waals surface area contributed by atoms with Gasteiger partial charge in [0, 0.05) is 19.3 Å². The topological polar surface area (TPSA) is 54.3 Å². The lowest BCUT2D eigenvalue weighted by molar-refractivity contribution is 0.0356. The molecule has 0 aromatic heterocycles. The van der Waals surface area contributed by atoms with Crippen molar-refractivity contribution in [2.24, 2.45) is 5.92 Å². The Balaban J connectivity index is 3.54. The van der Waals surface area contributed by atoms with Gasteiger partial charge < -0.3 is 9.47 Å². The van der Waals surface area contributed by atoms with Crippen LogP contribution in [0.25, 0.3) is 0 Å². The Morgan fingerprint density at radius 3 is 2.26 bits per heavy atom. The summed E-state index contributed by atoms with van der Waals surface area (Å²) >= 11 is 0. The molecule has 112 valence electrons. The lowest BCUT2D eigenvalue weighted by Gasteiger charge is -2.25. The number of rotatable bonds is 11. The highest BCUT2D eigenvalue weighted by Crippen LogP contribution is 2.12. The van der Waals surface area contributed by atoms with Crippen LogP contribution in [0.4, 0.5) is 0 Å². The monoisotopic (exact) mass is 270 g/mol. The van der Waals surface area contributed by atoms with Crippen molar-refractivity contribution in [2.45, 2.75) is 59.0 Å². The normalized spacial score (nSPS) is 14.6. The maximum Gasteiger partial charge on any atom is 0.104 e. The van der Waals surface area contributed by atoms with E-state index in [0.717, 1.165) is 19.4 Å². The molecule has 0 bridgehead atoms. The largest absolute Gasteiger partial charge is 0.379 e. The molecule has 0 saturated heterocycles. The number of nitriles is 1. The molecule has 4 nitrogen and oxygen atoms in total. The summed E-state index contributed by atoms with van der Waals surface area (Å²) < 4.78 is 10.9. The molecule has 0 aromatic carbocycles. The highest BCUT2D eigenvalue weighted by atomic mass is 16.5. The third-order valence-corrected chi connectivity index (χ3v) is 2.64. The average molecular weight is 270 g/mol. The van der Waals surface area contributed by atoms with Crippen molar-refractivity contribution >= 4 is 0 Å². The first-order valence-electron chi connectivity index (χ1n) is 7.24. The minimum Gasteiger partial charge on any atom is -0.379 e. The zero-order chi connectivity index (χ0) is 14.7. The van der Waals surface area contributed by atoms with Gasteiger partial charge in [-0.25, -0.2) is 0 Å². The summed E-state index contributed by atoms with van der Waals surface area (Å²) in [6, 6.07) is 2.66. The lowest BCUT2D eigenvalue weighted by Crippen LogP contribution is -2.45. The molecule has 0 rings (SSSR count). The van der Waals surface area contributed by atoms with E-state index in [1.807, 2.05) is 6.92 Å². The Hall–Kier alpha value is -0.630. The molecule has 4 heteroatoms. The molecule has 0 aliphatic carbocycles. The van der Waals surface area contributed by atoms with Gasteiger partial charge in [0.1, 0.15) is 5.54 Å². The molecular weight excluding hydrogens is 240 g/mol. The molecule has 0 spiro atoms. The molecule has 0 aliphatic rings. The molecule has 0 aromatic rings. The molecule has 0 radical (unpaired) electrons. The molecule has 19 heavy (non-hydrogen) atoms. The van der Waals surface area contributed by atoms with Gasteiger partial charge in [-0.15, -0.1) is 0 Å². The van der Waals surface area contributed by atoms with E-state index in [9.17, 15) is 5.26 Å². The van der Waals surface area contributed by atoms with Crippen molar-refractivity contribution in [2.75, 3.05) is 26.4 Å². The second-order valence-corrected chi connectivity index (χ2v) is 5.93. The van der Waals surface area contributed by atoms with Gasteiger partial charge in [0.25, 0.3) is 0 Å². The maximum atomic E-state index is 9.19. The Morgan fingerprint density at radius 1 is 1.11 bits per heavy atom. The van der Waals surface area contributed by atoms with Gasteiger partial charge in [-0.05, 0) is 39.5 Å². The van der Waals surface area contributed by atoms with Gasteiger partial charge in [0.2, 0.25) is 0 Å². The maximum absolute atomic E-state index is 9.19. The van der Waals surface area contributed by atoms with Gasteiger partial charge in [0.05, 0.1) is 19.3 Å². The molecule has 0 aliphatic heterocycles. The van der Waals surface area contributed by atoms with Crippen LogP contribution >= 0.6 is 0 Å². The van der Waals surface area contributed by atoms with E-state index in [4.69, 9.17) is 9.47 Å². The van der Waals surface area contributed by atoms with Crippen molar-refractivity contribution < 1.29 is 9.47 Å². The second kappa shape index (κ2) is 10.2. The summed E-state index contributed by atoms with van der Waals surface area (Å²) in [6.07, 6.45) is 1.68. The predicted molar refractivity (Wildman–Crippen MR) is 78.0 cm³/mol. The summed E-state index contributed by atoms with van der Waals surface area (Å²) in [4.78, 5) is 0. The van der Waals surface area contributed by atoms with E-state index in [2.05, 4.69) is 39.1 Å². The Morgan fingerprint density at radius 2 is 1.74 bits per heavy atom. The summed E-state index contributed by atoms with van der Waals surface area (Å²) in [5, 5.41) is 12.5. The van der Waals surface area contributed by atoms with E-state index in [1.165, 1.54) is 0 Å². The van der Waals surface area contributed by atoms with Gasteiger partial charge in [-0.3, -0.25) is 5.32 Å². The van der Waals surface area contributed by atoms with Crippen molar-refractivity contribution in [1.82, 2.24) is 5.32 Å². The number of nitrogens with one attached hydrogen (secondary N) is 1. The van der Waals surface area contributed by atoms with Crippen LogP contribution in [0.15, 0.2) is 0 Å². The molecule has 0 heterocycles. The summed E-state index contributed by atoms with van der Waals surface area (Å²) in [5.74, 6) is 0.568. The van der Waals surface area contributed by atoms with E-state index in [-0.39, 0.29) is 0 Å². The van der Waals surface area contributed by atoms with Crippen molar-refractivity contribution in [3.63, 3.8) is 0 Å². The van der Waals surface area contributed by atoms with Crippen molar-refractivity contribution in [3.8, 4) is 6.07 Å². The van der Waals surface area contributed by atoms with Gasteiger partial charge in [-0.1, -0.05) is 13.8 Å². The first-order chi connectivity index (χ1) is 8.89. The summed E-state index contributed by atoms with van der Waals surface area (Å²) in [7, 11) is 0. The highest BCUT2D eigenvalue weighted by Gasteiger charge is 2.23. The zero-order valence-electron chi connectivity index (χ0n) is 13.2. The number of ether oxygens (including phenoxy) is 2. The van der Waals surface area contributed by atoms with Crippen molar-refractivity contribution in [3.05, 3.63) is 0 Å². The third-order valence-electron chi connectivity index (χ3n) is 2.64. The molecule has 1 unspecified atom stereocenters. The molecule has 1 N–H and O–H groups in total. The quantitative estimate of drug-likeness (QED) is 0.587. The van der Waals surface area contributed by atoms with Crippen LogP contribution in [-0.2, 0) is 9.47 Å². The smallest absolute Gasteiger partial charge is 0.104 e. The van der Waals surface area contributed by atoms with Gasteiger partial charge in [-0.2, -0.15) is 5.26 Å². The van der Waals surface area contributed by atoms with E-state index < -0.39 is 5.54 Å². The fourth-order valence-corrected chi connectivity index (χ4v) is 1.86. The molecule has 0 amide bonds. The highest BCUT2D eigenvalue weighted by molar-refractivity contribution is 5.04. The Kier molecular flexibility index (Phi) is 9.85. The van der Waals surface area contributed by atoms with Crippen LogP contribution in [0.5, 0.6) is 0 Å². The minimum absolute atomic E-state index is 0.315. The predicted octanol–water partition coefficient (Wildman–Crippen LogP) is 2.74. The first-order valence-corrected chi connectivity index (χ1v) is 7.24. The number of hydrogen-bond donors (Lipinski definition) is 1.